The molecule has 1 atom stereocenters. The molecule has 1 unspecified atom stereocenters. The molecule has 0 radical (unpaired) electrons. The molecule has 1 rings (SSSR count). The summed E-state index contributed by atoms with van der Waals surface area (Å²) in [5.74, 6) is -1.10. The van der Waals surface area contributed by atoms with E-state index in [1.165, 1.54) is 4.90 Å². The molecule has 0 aromatic heterocycles. The molecule has 1 fully saturated rings. The molecule has 0 bridgehead atoms. The van der Waals surface area contributed by atoms with Crippen LogP contribution in [0, 0.1) is 5.92 Å². The van der Waals surface area contributed by atoms with E-state index in [0.29, 0.717) is 6.61 Å². The van der Waals surface area contributed by atoms with Crippen molar-refractivity contribution in [2.24, 2.45) is 5.92 Å². The third kappa shape index (κ3) is 3.14. The SMILES string of the molecule is CC.CC1COCN(C)C(=O)C1=O. The van der Waals surface area contributed by atoms with Crippen LogP contribution in [-0.2, 0) is 14.3 Å². The number of Topliss-reactive ketones (excluding diaryl/α,β-unsaturated/α-hetero) is 1. The number of ether oxygens (including phenoxy) is 1. The second-order valence-electron chi connectivity index (χ2n) is 2.77. The first-order chi connectivity index (χ1) is 6.13. The van der Waals surface area contributed by atoms with Gasteiger partial charge in [-0.1, -0.05) is 20.8 Å². The lowest BCUT2D eigenvalue weighted by Crippen LogP contribution is -2.33. The normalized spacial score (nSPS) is 23.4. The van der Waals surface area contributed by atoms with Gasteiger partial charge in [-0.25, -0.2) is 0 Å². The fourth-order valence-corrected chi connectivity index (χ4v) is 0.900. The summed E-state index contributed by atoms with van der Waals surface area (Å²) < 4.78 is 5.04. The Kier molecular flexibility index (Phi) is 5.30. The highest BCUT2D eigenvalue weighted by atomic mass is 16.5. The third-order valence-corrected chi connectivity index (χ3v) is 1.66. The monoisotopic (exact) mass is 187 g/mol. The number of carbonyl (C=O) groups excluding carboxylic acids is 2. The Labute approximate surface area is 78.9 Å². The van der Waals surface area contributed by atoms with Crippen LogP contribution in [0.3, 0.4) is 0 Å². The van der Waals surface area contributed by atoms with E-state index in [-0.39, 0.29) is 18.4 Å². The molecule has 0 spiro atoms. The molecular formula is C9H17NO3. The average Bonchev–Trinajstić information content (AvgIpc) is 2.26. The quantitative estimate of drug-likeness (QED) is 0.523. The van der Waals surface area contributed by atoms with Gasteiger partial charge in [0.15, 0.2) is 0 Å². The molecule has 4 heteroatoms. The number of carbonyl (C=O) groups is 2. The zero-order chi connectivity index (χ0) is 10.4. The highest BCUT2D eigenvalue weighted by molar-refractivity contribution is 6.36. The summed E-state index contributed by atoms with van der Waals surface area (Å²) in [5, 5.41) is 0. The summed E-state index contributed by atoms with van der Waals surface area (Å²) in [4.78, 5) is 23.4. The molecule has 13 heavy (non-hydrogen) atoms. The van der Waals surface area contributed by atoms with E-state index >= 15 is 0 Å². The molecule has 0 aromatic carbocycles. The molecule has 4 nitrogen and oxygen atoms in total. The summed E-state index contributed by atoms with van der Waals surface area (Å²) in [6, 6.07) is 0. The topological polar surface area (TPSA) is 46.6 Å². The van der Waals surface area contributed by atoms with Crippen molar-refractivity contribution in [3.8, 4) is 0 Å². The maximum Gasteiger partial charge on any atom is 0.291 e. The number of hydrogen-bond donors (Lipinski definition) is 0. The first-order valence-corrected chi connectivity index (χ1v) is 4.50. The molecule has 1 saturated heterocycles. The smallest absolute Gasteiger partial charge is 0.291 e. The van der Waals surface area contributed by atoms with Crippen LogP contribution in [0.15, 0.2) is 0 Å². The Morgan fingerprint density at radius 3 is 2.46 bits per heavy atom. The first kappa shape index (κ1) is 12.1. The van der Waals surface area contributed by atoms with E-state index in [2.05, 4.69) is 0 Å². The predicted octanol–water partition coefficient (Wildman–Crippen LogP) is 0.664. The van der Waals surface area contributed by atoms with E-state index < -0.39 is 5.91 Å². The van der Waals surface area contributed by atoms with Gasteiger partial charge in [-0.3, -0.25) is 9.59 Å². The number of hydrogen-bond acceptors (Lipinski definition) is 3. The molecule has 0 N–H and O–H groups in total. The van der Waals surface area contributed by atoms with E-state index in [1.807, 2.05) is 13.8 Å². The fourth-order valence-electron chi connectivity index (χ4n) is 0.900. The minimum Gasteiger partial charge on any atom is -0.360 e. The van der Waals surface area contributed by atoms with Gasteiger partial charge >= 0.3 is 0 Å². The number of nitrogens with zero attached hydrogens (tertiary/aromatic N) is 1. The molecule has 1 heterocycles. The Bertz CT molecular complexity index is 171. The minimum atomic E-state index is -0.449. The van der Waals surface area contributed by atoms with Crippen molar-refractivity contribution in [3.05, 3.63) is 0 Å². The van der Waals surface area contributed by atoms with Crippen molar-refractivity contribution in [1.29, 1.82) is 0 Å². The maximum atomic E-state index is 11.1. The Morgan fingerprint density at radius 2 is 1.92 bits per heavy atom. The van der Waals surface area contributed by atoms with Gasteiger partial charge in [0.25, 0.3) is 5.91 Å². The van der Waals surface area contributed by atoms with Crippen molar-refractivity contribution in [1.82, 2.24) is 4.90 Å². The molecule has 0 saturated carbocycles. The summed E-state index contributed by atoms with van der Waals surface area (Å²) in [6.07, 6.45) is 0. The standard InChI is InChI=1S/C7H11NO3.C2H6/c1-5-3-11-4-8(2)7(10)6(5)9;1-2/h5H,3-4H2,1-2H3;1-2H3. The van der Waals surface area contributed by atoms with Gasteiger partial charge in [0.1, 0.15) is 6.73 Å². The number of ketones is 1. The molecule has 0 aromatic rings. The van der Waals surface area contributed by atoms with Crippen molar-refractivity contribution in [2.45, 2.75) is 20.8 Å². The summed E-state index contributed by atoms with van der Waals surface area (Å²) >= 11 is 0. The Balaban J connectivity index is 0.000000671. The molecule has 1 aliphatic heterocycles. The zero-order valence-electron chi connectivity index (χ0n) is 8.66. The van der Waals surface area contributed by atoms with Crippen molar-refractivity contribution >= 4 is 11.7 Å². The third-order valence-electron chi connectivity index (χ3n) is 1.66. The van der Waals surface area contributed by atoms with Crippen LogP contribution in [0.1, 0.15) is 20.8 Å². The second kappa shape index (κ2) is 5.70. The van der Waals surface area contributed by atoms with E-state index in [0.717, 1.165) is 0 Å². The highest BCUT2D eigenvalue weighted by Crippen LogP contribution is 2.05. The second-order valence-corrected chi connectivity index (χ2v) is 2.77. The average molecular weight is 187 g/mol. The maximum absolute atomic E-state index is 11.1. The Hall–Kier alpha value is -0.900. The highest BCUT2D eigenvalue weighted by Gasteiger charge is 2.27. The van der Waals surface area contributed by atoms with Gasteiger partial charge in [-0.2, -0.15) is 0 Å². The number of amides is 1. The van der Waals surface area contributed by atoms with Gasteiger partial charge in [-0.15, -0.1) is 0 Å². The molecular weight excluding hydrogens is 170 g/mol. The molecule has 76 valence electrons. The van der Waals surface area contributed by atoms with Gasteiger partial charge < -0.3 is 9.64 Å². The molecule has 1 amide bonds. The largest absolute Gasteiger partial charge is 0.360 e. The van der Waals surface area contributed by atoms with Crippen LogP contribution < -0.4 is 0 Å². The summed E-state index contributed by atoms with van der Waals surface area (Å²) in [6.45, 7) is 6.25. The zero-order valence-corrected chi connectivity index (χ0v) is 8.66. The summed E-state index contributed by atoms with van der Waals surface area (Å²) in [7, 11) is 1.55. The lowest BCUT2D eigenvalue weighted by atomic mass is 10.1. The van der Waals surface area contributed by atoms with Gasteiger partial charge in [0, 0.05) is 13.0 Å². The van der Waals surface area contributed by atoms with E-state index in [4.69, 9.17) is 4.74 Å². The lowest BCUT2D eigenvalue weighted by molar-refractivity contribution is -0.145. The van der Waals surface area contributed by atoms with Crippen LogP contribution in [-0.4, -0.2) is 37.0 Å². The van der Waals surface area contributed by atoms with Crippen LogP contribution in [0.4, 0.5) is 0 Å². The van der Waals surface area contributed by atoms with E-state index in [9.17, 15) is 9.59 Å². The van der Waals surface area contributed by atoms with Crippen LogP contribution >= 0.6 is 0 Å². The van der Waals surface area contributed by atoms with E-state index in [1.54, 1.807) is 14.0 Å². The van der Waals surface area contributed by atoms with Crippen molar-refractivity contribution in [3.63, 3.8) is 0 Å². The lowest BCUT2D eigenvalue weighted by Gasteiger charge is -2.10. The van der Waals surface area contributed by atoms with Crippen molar-refractivity contribution in [2.75, 3.05) is 20.4 Å². The predicted molar refractivity (Wildman–Crippen MR) is 49.1 cm³/mol. The van der Waals surface area contributed by atoms with Crippen LogP contribution in [0.5, 0.6) is 0 Å². The van der Waals surface area contributed by atoms with Crippen molar-refractivity contribution < 1.29 is 14.3 Å². The fraction of sp³-hybridized carbons (Fsp3) is 0.778. The Morgan fingerprint density at radius 1 is 1.38 bits per heavy atom. The minimum absolute atomic E-state index is 0.217. The summed E-state index contributed by atoms with van der Waals surface area (Å²) in [5.41, 5.74) is 0. The molecule has 0 aliphatic carbocycles. The number of rotatable bonds is 0. The first-order valence-electron chi connectivity index (χ1n) is 4.50. The van der Waals surface area contributed by atoms with Crippen LogP contribution in [0.25, 0.3) is 0 Å². The van der Waals surface area contributed by atoms with Gasteiger partial charge in [0.05, 0.1) is 6.61 Å². The molecule has 1 aliphatic rings. The van der Waals surface area contributed by atoms with Gasteiger partial charge in [-0.05, 0) is 0 Å². The van der Waals surface area contributed by atoms with Gasteiger partial charge in [0.2, 0.25) is 5.78 Å². The van der Waals surface area contributed by atoms with Crippen LogP contribution in [0.2, 0.25) is 0 Å². The number of likely N-dealkylation sites (N-methyl/N-ethyl adjacent to an activating group) is 1.